The summed E-state index contributed by atoms with van der Waals surface area (Å²) in [6.45, 7) is 0.375. The Labute approximate surface area is 131 Å². The van der Waals surface area contributed by atoms with Gasteiger partial charge in [-0.3, -0.25) is 0 Å². The summed E-state index contributed by atoms with van der Waals surface area (Å²) in [4.78, 5) is 1.01. The lowest BCUT2D eigenvalue weighted by atomic mass is 10.2. The molecule has 0 amide bonds. The maximum absolute atomic E-state index is 6.15. The summed E-state index contributed by atoms with van der Waals surface area (Å²) in [6, 6.07) is 11.0. The third-order valence-corrected chi connectivity index (χ3v) is 4.46. The summed E-state index contributed by atoms with van der Waals surface area (Å²) < 4.78 is 5.72. The lowest BCUT2D eigenvalue weighted by Crippen LogP contribution is -1.98. The second kappa shape index (κ2) is 6.76. The largest absolute Gasteiger partial charge is 0.486 e. The maximum atomic E-state index is 6.15. The molecule has 5 heteroatoms. The fraction of sp³-hybridized carbons (Fsp3) is 0.143. The molecule has 2 aromatic carbocycles. The van der Waals surface area contributed by atoms with Gasteiger partial charge in [-0.1, -0.05) is 53.0 Å². The second-order valence-corrected chi connectivity index (χ2v) is 5.81. The van der Waals surface area contributed by atoms with Crippen LogP contribution in [-0.4, -0.2) is 6.26 Å². The molecule has 2 aromatic rings. The summed E-state index contributed by atoms with van der Waals surface area (Å²) in [6.07, 6.45) is 1.98. The first-order chi connectivity index (χ1) is 9.13. The molecule has 0 aromatic heterocycles. The minimum atomic E-state index is 0.375. The van der Waals surface area contributed by atoms with Gasteiger partial charge in [0.25, 0.3) is 0 Å². The van der Waals surface area contributed by atoms with Crippen LogP contribution in [0, 0.1) is 0 Å². The van der Waals surface area contributed by atoms with E-state index in [0.29, 0.717) is 22.4 Å². The molecule has 0 aliphatic carbocycles. The molecule has 19 heavy (non-hydrogen) atoms. The lowest BCUT2D eigenvalue weighted by Gasteiger charge is -2.12. The van der Waals surface area contributed by atoms with E-state index in [-0.39, 0.29) is 0 Å². The molecule has 0 aliphatic heterocycles. The van der Waals surface area contributed by atoms with Gasteiger partial charge < -0.3 is 4.74 Å². The summed E-state index contributed by atoms with van der Waals surface area (Å²) in [5.74, 6) is 0.498. The number of halogens is 3. The average Bonchev–Trinajstić information content (AvgIpc) is 2.38. The summed E-state index contributed by atoms with van der Waals surface area (Å²) in [5.41, 5.74) is 1.01. The van der Waals surface area contributed by atoms with Crippen molar-refractivity contribution in [1.82, 2.24) is 0 Å². The van der Waals surface area contributed by atoms with Crippen LogP contribution in [0.15, 0.2) is 41.3 Å². The number of para-hydroxylation sites is 1. The third-order valence-electron chi connectivity index (χ3n) is 2.54. The number of thioether (sulfide) groups is 1. The third kappa shape index (κ3) is 3.51. The molecule has 0 bridgehead atoms. The van der Waals surface area contributed by atoms with Gasteiger partial charge in [0.05, 0.1) is 15.1 Å². The smallest absolute Gasteiger partial charge is 0.156 e. The van der Waals surface area contributed by atoms with E-state index in [1.165, 1.54) is 0 Å². The van der Waals surface area contributed by atoms with E-state index in [4.69, 9.17) is 39.5 Å². The van der Waals surface area contributed by atoms with Crippen LogP contribution < -0.4 is 4.74 Å². The van der Waals surface area contributed by atoms with Gasteiger partial charge in [0.1, 0.15) is 6.61 Å². The summed E-state index contributed by atoms with van der Waals surface area (Å²) in [7, 11) is 0. The highest BCUT2D eigenvalue weighted by molar-refractivity contribution is 7.98. The lowest BCUT2D eigenvalue weighted by molar-refractivity contribution is 0.304. The van der Waals surface area contributed by atoms with E-state index in [9.17, 15) is 0 Å². The number of hydrogen-bond acceptors (Lipinski definition) is 2. The van der Waals surface area contributed by atoms with Crippen LogP contribution in [0.1, 0.15) is 5.56 Å². The summed E-state index contributed by atoms with van der Waals surface area (Å²) in [5, 5.41) is 1.72. The number of benzene rings is 2. The molecule has 0 radical (unpaired) electrons. The first-order valence-corrected chi connectivity index (χ1v) is 7.87. The van der Waals surface area contributed by atoms with E-state index < -0.39 is 0 Å². The molecular weight excluding hydrogens is 323 g/mol. The molecule has 0 N–H and O–H groups in total. The molecule has 2 rings (SSSR count). The van der Waals surface area contributed by atoms with Gasteiger partial charge in [-0.2, -0.15) is 0 Å². The highest BCUT2D eigenvalue weighted by atomic mass is 35.5. The van der Waals surface area contributed by atoms with E-state index in [1.54, 1.807) is 30.0 Å². The summed E-state index contributed by atoms with van der Waals surface area (Å²) >= 11 is 19.9. The fourth-order valence-corrected chi connectivity index (χ4v) is 3.25. The highest BCUT2D eigenvalue weighted by Crippen LogP contribution is 2.34. The zero-order valence-corrected chi connectivity index (χ0v) is 13.2. The van der Waals surface area contributed by atoms with Crippen LogP contribution in [0.3, 0.4) is 0 Å². The Hall–Kier alpha value is -0.540. The predicted molar refractivity (Wildman–Crippen MR) is 84.0 cm³/mol. The Bertz CT molecular complexity index is 567. The van der Waals surface area contributed by atoms with E-state index >= 15 is 0 Å². The van der Waals surface area contributed by atoms with Crippen molar-refractivity contribution in [3.8, 4) is 5.75 Å². The molecule has 0 heterocycles. The number of hydrogen-bond donors (Lipinski definition) is 0. The molecule has 0 unspecified atom stereocenters. The Balaban J connectivity index is 2.22. The first-order valence-electron chi connectivity index (χ1n) is 5.51. The molecular formula is C14H11Cl3OS. The van der Waals surface area contributed by atoms with E-state index in [1.807, 2.05) is 24.5 Å². The zero-order chi connectivity index (χ0) is 13.8. The van der Waals surface area contributed by atoms with E-state index in [0.717, 1.165) is 15.5 Å². The van der Waals surface area contributed by atoms with Gasteiger partial charge in [-0.05, 0) is 24.5 Å². The van der Waals surface area contributed by atoms with Gasteiger partial charge in [0, 0.05) is 10.5 Å². The van der Waals surface area contributed by atoms with Crippen LogP contribution in [0.2, 0.25) is 15.1 Å². The molecule has 0 atom stereocenters. The van der Waals surface area contributed by atoms with Crippen LogP contribution in [0.4, 0.5) is 0 Å². The van der Waals surface area contributed by atoms with Crippen molar-refractivity contribution in [1.29, 1.82) is 0 Å². The van der Waals surface area contributed by atoms with Crippen LogP contribution in [0.25, 0.3) is 0 Å². The van der Waals surface area contributed by atoms with Crippen molar-refractivity contribution in [2.75, 3.05) is 6.26 Å². The second-order valence-electron chi connectivity index (χ2n) is 3.77. The first kappa shape index (κ1) is 14.9. The topological polar surface area (TPSA) is 9.23 Å². The molecule has 1 nitrogen and oxygen atoms in total. The standard InChI is InChI=1S/C14H11Cl3OS/c1-19-14-9(4-2-7-12(14)17)8-18-13-10(15)5-3-6-11(13)16/h2-7H,8H2,1H3. The molecule has 0 fully saturated rings. The Morgan fingerprint density at radius 3 is 2.16 bits per heavy atom. The Morgan fingerprint density at radius 2 is 1.53 bits per heavy atom. The molecule has 100 valence electrons. The van der Waals surface area contributed by atoms with Crippen LogP contribution in [0.5, 0.6) is 5.75 Å². The monoisotopic (exact) mass is 332 g/mol. The van der Waals surface area contributed by atoms with Gasteiger partial charge in [-0.15, -0.1) is 11.8 Å². The number of ether oxygens (including phenoxy) is 1. The molecule has 0 aliphatic rings. The van der Waals surface area contributed by atoms with Crippen molar-refractivity contribution < 1.29 is 4.74 Å². The van der Waals surface area contributed by atoms with Crippen LogP contribution >= 0.6 is 46.6 Å². The van der Waals surface area contributed by atoms with Crippen LogP contribution in [-0.2, 0) is 6.61 Å². The van der Waals surface area contributed by atoms with E-state index in [2.05, 4.69) is 0 Å². The Morgan fingerprint density at radius 1 is 0.947 bits per heavy atom. The minimum absolute atomic E-state index is 0.375. The fourth-order valence-electron chi connectivity index (χ4n) is 1.67. The molecule has 0 spiro atoms. The predicted octanol–water partition coefficient (Wildman–Crippen LogP) is 5.95. The maximum Gasteiger partial charge on any atom is 0.156 e. The minimum Gasteiger partial charge on any atom is -0.486 e. The SMILES string of the molecule is CSc1c(Cl)cccc1COc1c(Cl)cccc1Cl. The van der Waals surface area contributed by atoms with Gasteiger partial charge >= 0.3 is 0 Å². The van der Waals surface area contributed by atoms with Crippen molar-refractivity contribution in [2.45, 2.75) is 11.5 Å². The number of rotatable bonds is 4. The highest BCUT2D eigenvalue weighted by Gasteiger charge is 2.10. The van der Waals surface area contributed by atoms with Gasteiger partial charge in [0.15, 0.2) is 5.75 Å². The Kier molecular flexibility index (Phi) is 5.28. The van der Waals surface area contributed by atoms with Gasteiger partial charge in [0.2, 0.25) is 0 Å². The zero-order valence-electron chi connectivity index (χ0n) is 10.1. The quantitative estimate of drug-likeness (QED) is 0.640. The van der Waals surface area contributed by atoms with Gasteiger partial charge in [-0.25, -0.2) is 0 Å². The van der Waals surface area contributed by atoms with Crippen molar-refractivity contribution in [2.24, 2.45) is 0 Å². The molecule has 0 saturated heterocycles. The molecule has 0 saturated carbocycles. The van der Waals surface area contributed by atoms with Crippen molar-refractivity contribution >= 4 is 46.6 Å². The van der Waals surface area contributed by atoms with Crippen molar-refractivity contribution in [3.63, 3.8) is 0 Å². The van der Waals surface area contributed by atoms with Crippen molar-refractivity contribution in [3.05, 3.63) is 57.0 Å². The normalized spacial score (nSPS) is 10.5. The average molecular weight is 334 g/mol.